The third-order valence-corrected chi connectivity index (χ3v) is 5.48. The second-order valence-corrected chi connectivity index (χ2v) is 7.71. The lowest BCUT2D eigenvalue weighted by Crippen LogP contribution is -2.42. The summed E-state index contributed by atoms with van der Waals surface area (Å²) in [6.07, 6.45) is 3.82. The summed E-state index contributed by atoms with van der Waals surface area (Å²) in [6, 6.07) is 16.3. The molecule has 1 saturated carbocycles. The van der Waals surface area contributed by atoms with E-state index in [2.05, 4.69) is 10.6 Å². The highest BCUT2D eigenvalue weighted by Crippen LogP contribution is 2.21. The Labute approximate surface area is 170 Å². The normalized spacial score (nSPS) is 20.2. The topological polar surface area (TPSA) is 84.2 Å². The van der Waals surface area contributed by atoms with Crippen molar-refractivity contribution in [2.45, 2.75) is 50.2 Å². The van der Waals surface area contributed by atoms with E-state index in [0.717, 1.165) is 31.2 Å². The van der Waals surface area contributed by atoms with Crippen LogP contribution in [0.1, 0.15) is 54.1 Å². The molecule has 0 bridgehead atoms. The third kappa shape index (κ3) is 5.57. The first kappa shape index (κ1) is 20.4. The van der Waals surface area contributed by atoms with E-state index in [1.54, 1.807) is 24.3 Å². The molecule has 0 aromatic heterocycles. The number of hydrogen-bond donors (Lipinski definition) is 3. The van der Waals surface area contributed by atoms with Crippen LogP contribution in [-0.2, 0) is 4.79 Å². The molecular weight excluding hydrogens is 374 g/mol. The van der Waals surface area contributed by atoms with Gasteiger partial charge in [0.05, 0.1) is 23.0 Å². The lowest BCUT2D eigenvalue weighted by Gasteiger charge is -2.27. The van der Waals surface area contributed by atoms with E-state index >= 15 is 0 Å². The monoisotopic (exact) mass is 399 g/mol. The molecule has 5 nitrogen and oxygen atoms in total. The van der Waals surface area contributed by atoms with Crippen molar-refractivity contribution in [3.63, 3.8) is 0 Å². The number of carbonyl (C=O) groups excluding carboxylic acids is 2. The number of hydrogen-bond acceptors (Lipinski definition) is 3. The van der Waals surface area contributed by atoms with E-state index in [-0.39, 0.29) is 30.3 Å². The standard InChI is InChI=1S/C22H26ClN3O2/c23-19-9-5-4-8-18(19)22(28)26-20(15-6-2-1-3-7-15)14-21(27)25-17-12-10-16(24)11-13-17/h1-9,16-17,20H,10-14,24H2,(H,25,27)(H,26,28). The summed E-state index contributed by atoms with van der Waals surface area (Å²) in [6.45, 7) is 0. The summed E-state index contributed by atoms with van der Waals surface area (Å²) >= 11 is 6.14. The highest BCUT2D eigenvalue weighted by molar-refractivity contribution is 6.33. The lowest BCUT2D eigenvalue weighted by atomic mass is 9.91. The van der Waals surface area contributed by atoms with Crippen molar-refractivity contribution >= 4 is 23.4 Å². The van der Waals surface area contributed by atoms with Crippen LogP contribution in [0, 0.1) is 0 Å². The molecule has 0 spiro atoms. The van der Waals surface area contributed by atoms with Crippen LogP contribution < -0.4 is 16.4 Å². The van der Waals surface area contributed by atoms with E-state index < -0.39 is 6.04 Å². The van der Waals surface area contributed by atoms with Gasteiger partial charge in [-0.25, -0.2) is 0 Å². The summed E-state index contributed by atoms with van der Waals surface area (Å²) in [7, 11) is 0. The number of nitrogens with two attached hydrogens (primary N) is 1. The van der Waals surface area contributed by atoms with Crippen molar-refractivity contribution in [3.05, 3.63) is 70.7 Å². The fourth-order valence-electron chi connectivity index (χ4n) is 3.55. The summed E-state index contributed by atoms with van der Waals surface area (Å²) < 4.78 is 0. The molecule has 2 amide bonds. The number of amides is 2. The van der Waals surface area contributed by atoms with Gasteiger partial charge in [-0.05, 0) is 43.4 Å². The summed E-state index contributed by atoms with van der Waals surface area (Å²) in [5.41, 5.74) is 7.21. The maximum Gasteiger partial charge on any atom is 0.253 e. The van der Waals surface area contributed by atoms with Gasteiger partial charge in [-0.3, -0.25) is 9.59 Å². The zero-order valence-corrected chi connectivity index (χ0v) is 16.5. The fraction of sp³-hybridized carbons (Fsp3) is 0.364. The largest absolute Gasteiger partial charge is 0.353 e. The number of carbonyl (C=O) groups is 2. The first-order chi connectivity index (χ1) is 13.5. The fourth-order valence-corrected chi connectivity index (χ4v) is 3.78. The second kappa shape index (κ2) is 9.71. The van der Waals surface area contributed by atoms with Gasteiger partial charge in [0.1, 0.15) is 0 Å². The van der Waals surface area contributed by atoms with Crippen molar-refractivity contribution in [2.75, 3.05) is 0 Å². The van der Waals surface area contributed by atoms with Crippen LogP contribution in [0.2, 0.25) is 5.02 Å². The molecule has 1 aliphatic carbocycles. The summed E-state index contributed by atoms with van der Waals surface area (Å²) in [5, 5.41) is 6.44. The molecule has 148 valence electrons. The Balaban J connectivity index is 1.68. The Morgan fingerprint density at radius 3 is 2.32 bits per heavy atom. The SMILES string of the molecule is NC1CCC(NC(=O)CC(NC(=O)c2ccccc2Cl)c2ccccc2)CC1. The molecule has 0 radical (unpaired) electrons. The van der Waals surface area contributed by atoms with Crippen LogP contribution in [0.4, 0.5) is 0 Å². The molecule has 1 unspecified atom stereocenters. The average Bonchev–Trinajstić information content (AvgIpc) is 2.70. The van der Waals surface area contributed by atoms with Crippen LogP contribution in [-0.4, -0.2) is 23.9 Å². The number of nitrogens with one attached hydrogen (secondary N) is 2. The molecule has 0 heterocycles. The predicted molar refractivity (Wildman–Crippen MR) is 111 cm³/mol. The predicted octanol–water partition coefficient (Wildman–Crippen LogP) is 3.59. The minimum absolute atomic E-state index is 0.0752. The minimum atomic E-state index is -0.434. The smallest absolute Gasteiger partial charge is 0.253 e. The Hall–Kier alpha value is -2.37. The Morgan fingerprint density at radius 1 is 1.00 bits per heavy atom. The minimum Gasteiger partial charge on any atom is -0.353 e. The van der Waals surface area contributed by atoms with Gasteiger partial charge in [0, 0.05) is 12.1 Å². The summed E-state index contributed by atoms with van der Waals surface area (Å²) in [4.78, 5) is 25.4. The molecule has 1 aliphatic rings. The van der Waals surface area contributed by atoms with Gasteiger partial charge in [0.2, 0.25) is 5.91 Å². The van der Waals surface area contributed by atoms with Crippen molar-refractivity contribution in [1.82, 2.24) is 10.6 Å². The Morgan fingerprint density at radius 2 is 1.64 bits per heavy atom. The second-order valence-electron chi connectivity index (χ2n) is 7.30. The van der Waals surface area contributed by atoms with E-state index in [1.807, 2.05) is 30.3 Å². The lowest BCUT2D eigenvalue weighted by molar-refractivity contribution is -0.122. The maximum absolute atomic E-state index is 12.7. The molecular formula is C22H26ClN3O2. The maximum atomic E-state index is 12.7. The molecule has 3 rings (SSSR count). The van der Waals surface area contributed by atoms with Crippen LogP contribution >= 0.6 is 11.6 Å². The quantitative estimate of drug-likeness (QED) is 0.694. The molecule has 6 heteroatoms. The zero-order chi connectivity index (χ0) is 19.9. The molecule has 4 N–H and O–H groups in total. The van der Waals surface area contributed by atoms with Gasteiger partial charge in [0.15, 0.2) is 0 Å². The molecule has 2 aromatic carbocycles. The van der Waals surface area contributed by atoms with E-state index in [1.165, 1.54) is 0 Å². The van der Waals surface area contributed by atoms with Crippen LogP contribution in [0.15, 0.2) is 54.6 Å². The van der Waals surface area contributed by atoms with Crippen molar-refractivity contribution < 1.29 is 9.59 Å². The van der Waals surface area contributed by atoms with Gasteiger partial charge in [-0.2, -0.15) is 0 Å². The molecule has 1 fully saturated rings. The zero-order valence-electron chi connectivity index (χ0n) is 15.7. The number of halogens is 1. The van der Waals surface area contributed by atoms with Crippen molar-refractivity contribution in [3.8, 4) is 0 Å². The van der Waals surface area contributed by atoms with Gasteiger partial charge in [0.25, 0.3) is 5.91 Å². The van der Waals surface area contributed by atoms with E-state index in [4.69, 9.17) is 17.3 Å². The van der Waals surface area contributed by atoms with Gasteiger partial charge in [-0.1, -0.05) is 54.1 Å². The van der Waals surface area contributed by atoms with Crippen LogP contribution in [0.5, 0.6) is 0 Å². The van der Waals surface area contributed by atoms with E-state index in [9.17, 15) is 9.59 Å². The first-order valence-electron chi connectivity index (χ1n) is 9.68. The molecule has 0 saturated heterocycles. The molecule has 0 aliphatic heterocycles. The van der Waals surface area contributed by atoms with Gasteiger partial charge >= 0.3 is 0 Å². The summed E-state index contributed by atoms with van der Waals surface area (Å²) in [5.74, 6) is -0.371. The van der Waals surface area contributed by atoms with Gasteiger partial charge < -0.3 is 16.4 Å². The van der Waals surface area contributed by atoms with Gasteiger partial charge in [-0.15, -0.1) is 0 Å². The number of rotatable bonds is 6. The average molecular weight is 400 g/mol. The van der Waals surface area contributed by atoms with E-state index in [0.29, 0.717) is 10.6 Å². The highest BCUT2D eigenvalue weighted by atomic mass is 35.5. The molecule has 1 atom stereocenters. The third-order valence-electron chi connectivity index (χ3n) is 5.15. The Bertz CT molecular complexity index is 804. The molecule has 28 heavy (non-hydrogen) atoms. The molecule has 2 aromatic rings. The van der Waals surface area contributed by atoms with Crippen LogP contribution in [0.25, 0.3) is 0 Å². The Kier molecular flexibility index (Phi) is 7.06. The highest BCUT2D eigenvalue weighted by Gasteiger charge is 2.24. The van der Waals surface area contributed by atoms with Crippen molar-refractivity contribution in [2.24, 2.45) is 5.73 Å². The first-order valence-corrected chi connectivity index (χ1v) is 10.1. The van der Waals surface area contributed by atoms with Crippen molar-refractivity contribution in [1.29, 1.82) is 0 Å². The van der Waals surface area contributed by atoms with Crippen LogP contribution in [0.3, 0.4) is 0 Å². The number of benzene rings is 2.